The summed E-state index contributed by atoms with van der Waals surface area (Å²) in [6, 6.07) is 4.79. The number of amides is 1. The summed E-state index contributed by atoms with van der Waals surface area (Å²) >= 11 is 0. The van der Waals surface area contributed by atoms with Crippen molar-refractivity contribution < 1.29 is 22.7 Å². The summed E-state index contributed by atoms with van der Waals surface area (Å²) in [5.41, 5.74) is 1.95. The van der Waals surface area contributed by atoms with Gasteiger partial charge in [0, 0.05) is 18.8 Å². The molecule has 1 aliphatic rings. The van der Waals surface area contributed by atoms with Gasteiger partial charge in [0.1, 0.15) is 0 Å². The van der Waals surface area contributed by atoms with Crippen LogP contribution in [0.3, 0.4) is 0 Å². The van der Waals surface area contributed by atoms with Gasteiger partial charge in [0.25, 0.3) is 0 Å². The molecule has 2 rings (SSSR count). The molecule has 24 heavy (non-hydrogen) atoms. The lowest BCUT2D eigenvalue weighted by atomic mass is 10.1. The zero-order valence-electron chi connectivity index (χ0n) is 14.0. The van der Waals surface area contributed by atoms with Gasteiger partial charge in [0.15, 0.2) is 9.84 Å². The summed E-state index contributed by atoms with van der Waals surface area (Å²) in [5.74, 6) is -0.493. The van der Waals surface area contributed by atoms with E-state index in [2.05, 4.69) is 10.1 Å². The predicted molar refractivity (Wildman–Crippen MR) is 90.8 cm³/mol. The van der Waals surface area contributed by atoms with Gasteiger partial charge in [0.2, 0.25) is 5.91 Å². The van der Waals surface area contributed by atoms with Crippen LogP contribution in [0.15, 0.2) is 18.2 Å². The van der Waals surface area contributed by atoms with E-state index in [0.29, 0.717) is 17.7 Å². The third-order valence-corrected chi connectivity index (χ3v) is 5.99. The Balaban J connectivity index is 2.00. The fraction of sp³-hybridized carbons (Fsp3) is 0.500. The van der Waals surface area contributed by atoms with E-state index in [4.69, 9.17) is 0 Å². The molecule has 1 heterocycles. The molecule has 132 valence electrons. The molecule has 8 heteroatoms. The van der Waals surface area contributed by atoms with Crippen molar-refractivity contribution in [1.29, 1.82) is 0 Å². The summed E-state index contributed by atoms with van der Waals surface area (Å²) in [7, 11) is -0.104. The van der Waals surface area contributed by atoms with Crippen LogP contribution in [0.25, 0.3) is 0 Å². The lowest BCUT2D eigenvalue weighted by Gasteiger charge is -2.24. The Morgan fingerprint density at radius 2 is 2.08 bits per heavy atom. The maximum absolute atomic E-state index is 12.3. The number of rotatable bonds is 5. The van der Waals surface area contributed by atoms with Crippen molar-refractivity contribution in [2.24, 2.45) is 0 Å². The molecule has 0 aromatic heterocycles. The maximum Gasteiger partial charge on any atom is 0.337 e. The van der Waals surface area contributed by atoms with Gasteiger partial charge in [-0.05, 0) is 31.0 Å². The highest BCUT2D eigenvalue weighted by Crippen LogP contribution is 2.19. The summed E-state index contributed by atoms with van der Waals surface area (Å²) in [6.45, 7) is 1.89. The fourth-order valence-corrected chi connectivity index (χ4v) is 4.41. The molecule has 1 amide bonds. The molecular formula is C16H22N2O5S. The molecule has 0 bridgehead atoms. The van der Waals surface area contributed by atoms with Gasteiger partial charge >= 0.3 is 5.97 Å². The van der Waals surface area contributed by atoms with Gasteiger partial charge in [-0.1, -0.05) is 6.07 Å². The Morgan fingerprint density at radius 1 is 1.38 bits per heavy atom. The van der Waals surface area contributed by atoms with Crippen LogP contribution < -0.4 is 5.32 Å². The number of aryl methyl sites for hydroxylation is 1. The molecule has 1 aliphatic heterocycles. The number of anilines is 1. The van der Waals surface area contributed by atoms with E-state index in [1.807, 2.05) is 6.92 Å². The third-order valence-electron chi connectivity index (χ3n) is 4.24. The lowest BCUT2D eigenvalue weighted by molar-refractivity contribution is -0.129. The quantitative estimate of drug-likeness (QED) is 0.788. The molecule has 0 spiro atoms. The zero-order chi connectivity index (χ0) is 17.9. The second-order valence-electron chi connectivity index (χ2n) is 5.94. The molecule has 1 aromatic carbocycles. The Kier molecular flexibility index (Phi) is 5.48. The lowest BCUT2D eigenvalue weighted by Crippen LogP contribution is -2.41. The van der Waals surface area contributed by atoms with Gasteiger partial charge < -0.3 is 15.0 Å². The molecule has 1 fully saturated rings. The van der Waals surface area contributed by atoms with E-state index in [1.165, 1.54) is 12.0 Å². The topological polar surface area (TPSA) is 92.8 Å². The minimum Gasteiger partial charge on any atom is -0.465 e. The molecule has 1 saturated heterocycles. The Labute approximate surface area is 141 Å². The van der Waals surface area contributed by atoms with Crippen molar-refractivity contribution in [3.05, 3.63) is 29.3 Å². The SMILES string of the molecule is COC(=O)c1ccc(C)c(NCC(=O)N(C)C2CCS(=O)(=O)C2)c1. The summed E-state index contributed by atoms with van der Waals surface area (Å²) in [6.07, 6.45) is 0.474. The van der Waals surface area contributed by atoms with Gasteiger partial charge in [-0.25, -0.2) is 13.2 Å². The number of likely N-dealkylation sites (N-methyl/N-ethyl adjacent to an activating group) is 1. The van der Waals surface area contributed by atoms with Crippen LogP contribution in [0, 0.1) is 6.92 Å². The number of carbonyl (C=O) groups excluding carboxylic acids is 2. The normalized spacial score (nSPS) is 18.9. The summed E-state index contributed by atoms with van der Waals surface area (Å²) in [4.78, 5) is 25.3. The smallest absolute Gasteiger partial charge is 0.337 e. The standard InChI is InChI=1S/C16H22N2O5S/c1-11-4-5-12(16(20)23-3)8-14(11)17-9-15(19)18(2)13-6-7-24(21,22)10-13/h4-5,8,13,17H,6-7,9-10H2,1-3H3. The maximum atomic E-state index is 12.3. The van der Waals surface area contributed by atoms with Crippen molar-refractivity contribution in [1.82, 2.24) is 4.90 Å². The highest BCUT2D eigenvalue weighted by molar-refractivity contribution is 7.91. The van der Waals surface area contributed by atoms with E-state index in [1.54, 1.807) is 25.2 Å². The second-order valence-corrected chi connectivity index (χ2v) is 8.17. The van der Waals surface area contributed by atoms with Crippen LogP contribution in [0.4, 0.5) is 5.69 Å². The summed E-state index contributed by atoms with van der Waals surface area (Å²) < 4.78 is 27.7. The monoisotopic (exact) mass is 354 g/mol. The largest absolute Gasteiger partial charge is 0.465 e. The van der Waals surface area contributed by atoms with E-state index < -0.39 is 15.8 Å². The van der Waals surface area contributed by atoms with Gasteiger partial charge in [-0.15, -0.1) is 0 Å². The van der Waals surface area contributed by atoms with E-state index >= 15 is 0 Å². The number of hydrogen-bond acceptors (Lipinski definition) is 6. The molecule has 7 nitrogen and oxygen atoms in total. The summed E-state index contributed by atoms with van der Waals surface area (Å²) in [5, 5.41) is 3.01. The molecule has 1 N–H and O–H groups in total. The first-order valence-electron chi connectivity index (χ1n) is 7.62. The Morgan fingerprint density at radius 3 is 2.67 bits per heavy atom. The van der Waals surface area contributed by atoms with E-state index in [9.17, 15) is 18.0 Å². The fourth-order valence-electron chi connectivity index (χ4n) is 2.64. The van der Waals surface area contributed by atoms with E-state index in [-0.39, 0.29) is 30.0 Å². The molecule has 0 saturated carbocycles. The molecule has 1 aromatic rings. The highest BCUT2D eigenvalue weighted by atomic mass is 32.2. The number of ether oxygens (including phenoxy) is 1. The van der Waals surface area contributed by atoms with Crippen LogP contribution >= 0.6 is 0 Å². The van der Waals surface area contributed by atoms with Gasteiger partial charge in [0.05, 0.1) is 30.7 Å². The number of nitrogens with one attached hydrogen (secondary N) is 1. The number of carbonyl (C=O) groups is 2. The average molecular weight is 354 g/mol. The minimum atomic E-state index is -3.03. The number of nitrogens with zero attached hydrogens (tertiary/aromatic N) is 1. The second kappa shape index (κ2) is 7.21. The zero-order valence-corrected chi connectivity index (χ0v) is 14.9. The number of hydrogen-bond donors (Lipinski definition) is 1. The van der Waals surface area contributed by atoms with Crippen LogP contribution in [-0.4, -0.2) is 63.4 Å². The van der Waals surface area contributed by atoms with Crippen molar-refractivity contribution in [2.75, 3.05) is 37.5 Å². The van der Waals surface area contributed by atoms with Gasteiger partial charge in [-0.3, -0.25) is 4.79 Å². The molecule has 0 aliphatic carbocycles. The molecule has 1 atom stereocenters. The van der Waals surface area contributed by atoms with Crippen molar-refractivity contribution in [3.8, 4) is 0 Å². The number of esters is 1. The van der Waals surface area contributed by atoms with Crippen LogP contribution in [-0.2, 0) is 19.4 Å². The van der Waals surface area contributed by atoms with Crippen molar-refractivity contribution >= 4 is 27.4 Å². The Bertz CT molecular complexity index is 745. The van der Waals surface area contributed by atoms with Crippen LogP contribution in [0.1, 0.15) is 22.3 Å². The van der Waals surface area contributed by atoms with E-state index in [0.717, 1.165) is 5.56 Å². The first kappa shape index (κ1) is 18.3. The predicted octanol–water partition coefficient (Wildman–Crippen LogP) is 0.839. The first-order chi connectivity index (χ1) is 11.2. The highest BCUT2D eigenvalue weighted by Gasteiger charge is 2.32. The molecule has 0 radical (unpaired) electrons. The molecule has 1 unspecified atom stereocenters. The van der Waals surface area contributed by atoms with Crippen LogP contribution in [0.5, 0.6) is 0 Å². The minimum absolute atomic E-state index is 0.0199. The number of methoxy groups -OCH3 is 1. The third kappa shape index (κ3) is 4.25. The Hall–Kier alpha value is -2.09. The van der Waals surface area contributed by atoms with Crippen LogP contribution in [0.2, 0.25) is 0 Å². The number of benzene rings is 1. The van der Waals surface area contributed by atoms with Crippen molar-refractivity contribution in [3.63, 3.8) is 0 Å². The average Bonchev–Trinajstić information content (AvgIpc) is 2.92. The molecular weight excluding hydrogens is 332 g/mol. The number of sulfone groups is 1. The van der Waals surface area contributed by atoms with Gasteiger partial charge in [-0.2, -0.15) is 0 Å². The van der Waals surface area contributed by atoms with Crippen molar-refractivity contribution in [2.45, 2.75) is 19.4 Å². The first-order valence-corrected chi connectivity index (χ1v) is 9.44.